The van der Waals surface area contributed by atoms with Gasteiger partial charge < -0.3 is 10.1 Å². The average Bonchev–Trinajstić information content (AvgIpc) is 2.66. The Hall–Kier alpha value is -2.71. The van der Waals surface area contributed by atoms with E-state index in [2.05, 4.69) is 14.8 Å². The Labute approximate surface area is 158 Å². The maximum atomic E-state index is 12.6. The van der Waals surface area contributed by atoms with Crippen LogP contribution < -0.4 is 10.0 Å². The molecule has 8 heteroatoms. The summed E-state index contributed by atoms with van der Waals surface area (Å²) in [4.78, 5) is 24.1. The number of hydrogen-bond donors (Lipinski definition) is 2. The van der Waals surface area contributed by atoms with Crippen LogP contribution in [0, 0.1) is 5.92 Å². The van der Waals surface area contributed by atoms with E-state index >= 15 is 0 Å². The van der Waals surface area contributed by atoms with E-state index in [1.165, 1.54) is 31.4 Å². The number of methoxy groups -OCH3 is 1. The lowest BCUT2D eigenvalue weighted by molar-refractivity contribution is -0.118. The Morgan fingerprint density at radius 1 is 0.963 bits per heavy atom. The zero-order valence-corrected chi connectivity index (χ0v) is 16.1. The molecule has 2 aromatic rings. The van der Waals surface area contributed by atoms with Crippen molar-refractivity contribution in [3.05, 3.63) is 60.2 Å². The maximum Gasteiger partial charge on any atom is 0.337 e. The summed E-state index contributed by atoms with van der Waals surface area (Å²) in [7, 11) is -2.55. The second kappa shape index (κ2) is 8.79. The predicted molar refractivity (Wildman–Crippen MR) is 102 cm³/mol. The zero-order valence-electron chi connectivity index (χ0n) is 15.3. The highest BCUT2D eigenvalue weighted by Crippen LogP contribution is 2.15. The van der Waals surface area contributed by atoms with E-state index in [0.717, 1.165) is 0 Å². The number of carbonyl (C=O) groups is 2. The first kappa shape index (κ1) is 20.6. The molecule has 0 aromatic heterocycles. The molecule has 0 bridgehead atoms. The van der Waals surface area contributed by atoms with Gasteiger partial charge in [0, 0.05) is 5.69 Å². The number of benzene rings is 2. The lowest BCUT2D eigenvalue weighted by Crippen LogP contribution is -2.47. The number of esters is 1. The molecule has 0 aliphatic carbocycles. The first-order valence-corrected chi connectivity index (χ1v) is 9.79. The van der Waals surface area contributed by atoms with E-state index in [0.29, 0.717) is 11.3 Å². The SMILES string of the molecule is COC(=O)c1ccc(NC(=O)[C@@H](NS(=O)(=O)c2ccccc2)C(C)C)cc1. The number of carbonyl (C=O) groups excluding carboxylic acids is 2. The highest BCUT2D eigenvalue weighted by Gasteiger charge is 2.28. The molecule has 0 aliphatic heterocycles. The zero-order chi connectivity index (χ0) is 20.0. The summed E-state index contributed by atoms with van der Waals surface area (Å²) in [6.07, 6.45) is 0. The minimum absolute atomic E-state index is 0.0888. The van der Waals surface area contributed by atoms with Gasteiger partial charge in [0.2, 0.25) is 15.9 Å². The third kappa shape index (κ3) is 5.38. The van der Waals surface area contributed by atoms with Crippen molar-refractivity contribution in [2.45, 2.75) is 24.8 Å². The van der Waals surface area contributed by atoms with Crippen molar-refractivity contribution in [2.24, 2.45) is 5.92 Å². The normalized spacial score (nSPS) is 12.4. The molecular formula is C19H22N2O5S. The third-order valence-corrected chi connectivity index (χ3v) is 5.32. The summed E-state index contributed by atoms with van der Waals surface area (Å²) in [6.45, 7) is 3.50. The van der Waals surface area contributed by atoms with Crippen LogP contribution in [-0.4, -0.2) is 33.4 Å². The average molecular weight is 390 g/mol. The van der Waals surface area contributed by atoms with Gasteiger partial charge in [0.25, 0.3) is 0 Å². The third-order valence-electron chi connectivity index (χ3n) is 3.86. The Balaban J connectivity index is 2.14. The number of hydrogen-bond acceptors (Lipinski definition) is 5. The second-order valence-corrected chi connectivity index (χ2v) is 7.93. The summed E-state index contributed by atoms with van der Waals surface area (Å²) in [6, 6.07) is 13.0. The maximum absolute atomic E-state index is 12.6. The minimum atomic E-state index is -3.84. The van der Waals surface area contributed by atoms with Crippen LogP contribution in [0.3, 0.4) is 0 Å². The van der Waals surface area contributed by atoms with E-state index in [1.807, 2.05) is 0 Å². The predicted octanol–water partition coefficient (Wildman–Crippen LogP) is 2.41. The fraction of sp³-hybridized carbons (Fsp3) is 0.263. The Kier molecular flexibility index (Phi) is 6.70. The van der Waals surface area contributed by atoms with Gasteiger partial charge in [-0.05, 0) is 42.3 Å². The Morgan fingerprint density at radius 2 is 1.56 bits per heavy atom. The molecule has 0 aliphatic rings. The molecular weight excluding hydrogens is 368 g/mol. The van der Waals surface area contributed by atoms with Crippen molar-refractivity contribution in [3.8, 4) is 0 Å². The molecule has 0 saturated heterocycles. The summed E-state index contributed by atoms with van der Waals surface area (Å²) in [5.74, 6) is -1.25. The van der Waals surface area contributed by atoms with Gasteiger partial charge in [0.05, 0.1) is 17.6 Å². The Morgan fingerprint density at radius 3 is 2.07 bits per heavy atom. The highest BCUT2D eigenvalue weighted by molar-refractivity contribution is 7.89. The molecule has 2 aromatic carbocycles. The monoisotopic (exact) mass is 390 g/mol. The van der Waals surface area contributed by atoms with Crippen molar-refractivity contribution in [3.63, 3.8) is 0 Å². The quantitative estimate of drug-likeness (QED) is 0.707. The summed E-state index contributed by atoms with van der Waals surface area (Å²) >= 11 is 0. The van der Waals surface area contributed by atoms with Crippen molar-refractivity contribution < 1.29 is 22.7 Å². The molecule has 2 N–H and O–H groups in total. The van der Waals surface area contributed by atoms with Crippen LogP contribution in [0.2, 0.25) is 0 Å². The lowest BCUT2D eigenvalue weighted by Gasteiger charge is -2.21. The lowest BCUT2D eigenvalue weighted by atomic mass is 10.0. The standard InChI is InChI=1S/C19H22N2O5S/c1-13(2)17(21-27(24,25)16-7-5-4-6-8-16)18(22)20-15-11-9-14(10-12-15)19(23)26-3/h4-13,17,21H,1-3H3,(H,20,22)/t17-/m0/s1. The summed E-state index contributed by atoms with van der Waals surface area (Å²) < 4.78 is 32.1. The molecule has 1 amide bonds. The van der Waals surface area contributed by atoms with Crippen molar-refractivity contribution in [1.82, 2.24) is 4.72 Å². The molecule has 0 heterocycles. The number of anilines is 1. The molecule has 0 spiro atoms. The fourth-order valence-corrected chi connectivity index (χ4v) is 3.72. The molecule has 27 heavy (non-hydrogen) atoms. The smallest absolute Gasteiger partial charge is 0.337 e. The van der Waals surface area contributed by atoms with Gasteiger partial charge in [-0.15, -0.1) is 0 Å². The number of amides is 1. The van der Waals surface area contributed by atoms with Crippen LogP contribution in [-0.2, 0) is 19.6 Å². The van der Waals surface area contributed by atoms with Gasteiger partial charge in [-0.2, -0.15) is 4.72 Å². The minimum Gasteiger partial charge on any atom is -0.465 e. The molecule has 144 valence electrons. The van der Waals surface area contributed by atoms with Crippen LogP contribution >= 0.6 is 0 Å². The van der Waals surface area contributed by atoms with Crippen molar-refractivity contribution >= 4 is 27.6 Å². The first-order chi connectivity index (χ1) is 12.7. The molecule has 1 atom stereocenters. The van der Waals surface area contributed by atoms with Crippen LogP contribution in [0.15, 0.2) is 59.5 Å². The van der Waals surface area contributed by atoms with Crippen LogP contribution in [0.1, 0.15) is 24.2 Å². The molecule has 0 radical (unpaired) electrons. The molecule has 7 nitrogen and oxygen atoms in total. The van der Waals surface area contributed by atoms with Gasteiger partial charge in [0.1, 0.15) is 6.04 Å². The van der Waals surface area contributed by atoms with Crippen LogP contribution in [0.25, 0.3) is 0 Å². The summed E-state index contributed by atoms with van der Waals surface area (Å²) in [5.41, 5.74) is 0.790. The van der Waals surface area contributed by atoms with E-state index in [9.17, 15) is 18.0 Å². The molecule has 0 fully saturated rings. The number of sulfonamides is 1. The number of nitrogens with one attached hydrogen (secondary N) is 2. The van der Waals surface area contributed by atoms with Gasteiger partial charge >= 0.3 is 5.97 Å². The van der Waals surface area contributed by atoms with E-state index in [4.69, 9.17) is 0 Å². The van der Waals surface area contributed by atoms with Gasteiger partial charge in [-0.3, -0.25) is 4.79 Å². The van der Waals surface area contributed by atoms with Crippen LogP contribution in [0.4, 0.5) is 5.69 Å². The van der Waals surface area contributed by atoms with E-state index < -0.39 is 27.9 Å². The molecule has 0 unspecified atom stereocenters. The van der Waals surface area contributed by atoms with E-state index in [-0.39, 0.29) is 10.8 Å². The molecule has 0 saturated carbocycles. The van der Waals surface area contributed by atoms with Gasteiger partial charge in [0.15, 0.2) is 0 Å². The summed E-state index contributed by atoms with van der Waals surface area (Å²) in [5, 5.41) is 2.66. The Bertz CT molecular complexity index is 893. The number of ether oxygens (including phenoxy) is 1. The van der Waals surface area contributed by atoms with Crippen molar-refractivity contribution in [1.29, 1.82) is 0 Å². The van der Waals surface area contributed by atoms with Crippen LogP contribution in [0.5, 0.6) is 0 Å². The fourth-order valence-electron chi connectivity index (χ4n) is 2.35. The van der Waals surface area contributed by atoms with Gasteiger partial charge in [-0.25, -0.2) is 13.2 Å². The van der Waals surface area contributed by atoms with E-state index in [1.54, 1.807) is 44.2 Å². The van der Waals surface area contributed by atoms with Gasteiger partial charge in [-0.1, -0.05) is 32.0 Å². The highest BCUT2D eigenvalue weighted by atomic mass is 32.2. The number of rotatable bonds is 7. The molecule has 2 rings (SSSR count). The second-order valence-electron chi connectivity index (χ2n) is 6.21. The topological polar surface area (TPSA) is 102 Å². The first-order valence-electron chi connectivity index (χ1n) is 8.31. The largest absolute Gasteiger partial charge is 0.465 e. The van der Waals surface area contributed by atoms with Crippen molar-refractivity contribution in [2.75, 3.05) is 12.4 Å².